The van der Waals surface area contributed by atoms with Crippen LogP contribution >= 0.6 is 0 Å². The number of anilines is 1. The number of amides is 2. The van der Waals surface area contributed by atoms with E-state index in [9.17, 15) is 18.4 Å². The van der Waals surface area contributed by atoms with E-state index in [1.165, 1.54) is 13.2 Å². The number of likely N-dealkylation sites (N-methyl/N-ethyl adjacent to an activating group) is 1. The molecule has 156 valence electrons. The van der Waals surface area contributed by atoms with Crippen molar-refractivity contribution in [2.45, 2.75) is 13.2 Å². The smallest absolute Gasteiger partial charge is 0.387 e. The molecule has 9 heteroatoms. The van der Waals surface area contributed by atoms with Gasteiger partial charge in [0, 0.05) is 24.8 Å². The number of nitrogens with one attached hydrogen (secondary N) is 2. The summed E-state index contributed by atoms with van der Waals surface area (Å²) in [5, 5.41) is 5.28. The van der Waals surface area contributed by atoms with E-state index in [2.05, 4.69) is 15.4 Å². The van der Waals surface area contributed by atoms with Crippen molar-refractivity contribution in [3.8, 4) is 11.5 Å². The fraction of sp³-hybridized carbons (Fsp3) is 0.300. The SMILES string of the molecule is CNC(=O)c1ccc(NC(=O)CN(C)Cc2ccc(OC(F)F)c(OC)c2)cc1. The Bertz CT molecular complexity index is 844. The summed E-state index contributed by atoms with van der Waals surface area (Å²) in [4.78, 5) is 25.5. The first kappa shape index (κ1) is 22.1. The Morgan fingerprint density at radius 1 is 1.10 bits per heavy atom. The lowest BCUT2D eigenvalue weighted by Crippen LogP contribution is -2.29. The quantitative estimate of drug-likeness (QED) is 0.668. The van der Waals surface area contributed by atoms with E-state index in [0.29, 0.717) is 17.8 Å². The van der Waals surface area contributed by atoms with E-state index in [4.69, 9.17) is 4.74 Å². The van der Waals surface area contributed by atoms with Crippen molar-refractivity contribution in [3.05, 3.63) is 53.6 Å². The van der Waals surface area contributed by atoms with Crippen LogP contribution in [0.1, 0.15) is 15.9 Å². The zero-order valence-corrected chi connectivity index (χ0v) is 16.4. The molecule has 0 bridgehead atoms. The fourth-order valence-electron chi connectivity index (χ4n) is 2.67. The van der Waals surface area contributed by atoms with Crippen LogP contribution in [0, 0.1) is 0 Å². The maximum atomic E-state index is 12.4. The van der Waals surface area contributed by atoms with Crippen LogP contribution in [0.5, 0.6) is 11.5 Å². The summed E-state index contributed by atoms with van der Waals surface area (Å²) in [6.07, 6.45) is 0. The normalized spacial score (nSPS) is 10.7. The van der Waals surface area contributed by atoms with Gasteiger partial charge >= 0.3 is 6.61 Å². The Morgan fingerprint density at radius 2 is 1.79 bits per heavy atom. The molecule has 0 radical (unpaired) electrons. The molecule has 0 fully saturated rings. The second-order valence-electron chi connectivity index (χ2n) is 6.24. The number of hydrogen-bond acceptors (Lipinski definition) is 5. The summed E-state index contributed by atoms with van der Waals surface area (Å²) >= 11 is 0. The molecule has 7 nitrogen and oxygen atoms in total. The summed E-state index contributed by atoms with van der Waals surface area (Å²) in [7, 11) is 4.66. The Hall–Kier alpha value is -3.20. The van der Waals surface area contributed by atoms with Gasteiger partial charge in [-0.1, -0.05) is 6.07 Å². The summed E-state index contributed by atoms with van der Waals surface area (Å²) in [6, 6.07) is 11.2. The topological polar surface area (TPSA) is 79.9 Å². The second-order valence-corrected chi connectivity index (χ2v) is 6.24. The molecule has 2 aromatic carbocycles. The van der Waals surface area contributed by atoms with Crippen LogP contribution in [-0.4, -0.2) is 51.1 Å². The van der Waals surface area contributed by atoms with Gasteiger partial charge in [0.2, 0.25) is 5.91 Å². The number of carbonyl (C=O) groups excluding carboxylic acids is 2. The molecule has 0 unspecified atom stereocenters. The molecular formula is C20H23F2N3O4. The largest absolute Gasteiger partial charge is 0.493 e. The van der Waals surface area contributed by atoms with E-state index < -0.39 is 6.61 Å². The van der Waals surface area contributed by atoms with Crippen molar-refractivity contribution in [1.82, 2.24) is 10.2 Å². The highest BCUT2D eigenvalue weighted by molar-refractivity contribution is 5.96. The minimum atomic E-state index is -2.94. The first-order valence-corrected chi connectivity index (χ1v) is 8.74. The van der Waals surface area contributed by atoms with Gasteiger partial charge in [0.05, 0.1) is 13.7 Å². The van der Waals surface area contributed by atoms with Gasteiger partial charge in [-0.15, -0.1) is 0 Å². The highest BCUT2D eigenvalue weighted by atomic mass is 19.3. The zero-order chi connectivity index (χ0) is 21.4. The Labute approximate surface area is 167 Å². The molecular weight excluding hydrogens is 384 g/mol. The number of carbonyl (C=O) groups is 2. The van der Waals surface area contributed by atoms with Crippen LogP contribution in [0.2, 0.25) is 0 Å². The third-order valence-electron chi connectivity index (χ3n) is 3.97. The molecule has 0 aliphatic rings. The Morgan fingerprint density at radius 3 is 2.38 bits per heavy atom. The van der Waals surface area contributed by atoms with E-state index in [-0.39, 0.29) is 29.9 Å². The summed E-state index contributed by atoms with van der Waals surface area (Å²) in [6.45, 7) is -2.44. The third kappa shape index (κ3) is 6.72. The number of alkyl halides is 2. The van der Waals surface area contributed by atoms with Gasteiger partial charge in [0.1, 0.15) is 0 Å². The molecule has 2 aromatic rings. The highest BCUT2D eigenvalue weighted by Gasteiger charge is 2.13. The van der Waals surface area contributed by atoms with Gasteiger partial charge in [0.15, 0.2) is 11.5 Å². The molecule has 0 heterocycles. The number of nitrogens with zero attached hydrogens (tertiary/aromatic N) is 1. The zero-order valence-electron chi connectivity index (χ0n) is 16.4. The molecule has 2 rings (SSSR count). The van der Waals surface area contributed by atoms with E-state index in [0.717, 1.165) is 5.56 Å². The van der Waals surface area contributed by atoms with Crippen molar-refractivity contribution in [1.29, 1.82) is 0 Å². The van der Waals surface area contributed by atoms with Crippen LogP contribution in [0.25, 0.3) is 0 Å². The molecule has 0 aromatic heterocycles. The first-order valence-electron chi connectivity index (χ1n) is 8.74. The number of ether oxygens (including phenoxy) is 2. The molecule has 2 N–H and O–H groups in total. The summed E-state index contributed by atoms with van der Waals surface area (Å²) < 4.78 is 34.3. The van der Waals surface area contributed by atoms with Crippen molar-refractivity contribution in [2.24, 2.45) is 0 Å². The summed E-state index contributed by atoms with van der Waals surface area (Å²) in [5.74, 6) is -0.295. The standard InChI is InChI=1S/C20H23F2N3O4/c1-23-19(27)14-5-7-15(8-6-14)24-18(26)12-25(2)11-13-4-9-16(29-20(21)22)17(10-13)28-3/h4-10,20H,11-12H2,1-3H3,(H,23,27)(H,24,26). The third-order valence-corrected chi connectivity index (χ3v) is 3.97. The van der Waals surface area contributed by atoms with Gasteiger partial charge in [-0.05, 0) is 49.0 Å². The lowest BCUT2D eigenvalue weighted by molar-refractivity contribution is -0.117. The number of benzene rings is 2. The lowest BCUT2D eigenvalue weighted by Gasteiger charge is -2.18. The molecule has 29 heavy (non-hydrogen) atoms. The molecule has 0 saturated heterocycles. The maximum Gasteiger partial charge on any atom is 0.387 e. The molecule has 0 atom stereocenters. The van der Waals surface area contributed by atoms with Crippen molar-refractivity contribution in [2.75, 3.05) is 33.1 Å². The van der Waals surface area contributed by atoms with E-state index in [1.54, 1.807) is 55.4 Å². The predicted octanol–water partition coefficient (Wildman–Crippen LogP) is 2.73. The molecule has 0 aliphatic carbocycles. The van der Waals surface area contributed by atoms with Crippen LogP contribution < -0.4 is 20.1 Å². The Kier molecular flexibility index (Phi) is 7.90. The number of halogens is 2. The monoisotopic (exact) mass is 407 g/mol. The van der Waals surface area contributed by atoms with Crippen molar-refractivity contribution >= 4 is 17.5 Å². The van der Waals surface area contributed by atoms with Gasteiger partial charge in [0.25, 0.3) is 5.91 Å². The number of hydrogen-bond donors (Lipinski definition) is 2. The number of methoxy groups -OCH3 is 1. The second kappa shape index (κ2) is 10.4. The lowest BCUT2D eigenvalue weighted by atomic mass is 10.2. The fourth-order valence-corrected chi connectivity index (χ4v) is 2.67. The van der Waals surface area contributed by atoms with Gasteiger partial charge in [-0.25, -0.2) is 0 Å². The van der Waals surface area contributed by atoms with E-state index >= 15 is 0 Å². The van der Waals surface area contributed by atoms with Crippen LogP contribution in [-0.2, 0) is 11.3 Å². The molecule has 0 aliphatic heterocycles. The van der Waals surface area contributed by atoms with Crippen LogP contribution in [0.15, 0.2) is 42.5 Å². The van der Waals surface area contributed by atoms with Gasteiger partial charge < -0.3 is 20.1 Å². The average molecular weight is 407 g/mol. The van der Waals surface area contributed by atoms with Crippen molar-refractivity contribution < 1.29 is 27.8 Å². The maximum absolute atomic E-state index is 12.4. The van der Waals surface area contributed by atoms with Crippen molar-refractivity contribution in [3.63, 3.8) is 0 Å². The predicted molar refractivity (Wildman–Crippen MR) is 104 cm³/mol. The van der Waals surface area contributed by atoms with Crippen LogP contribution in [0.3, 0.4) is 0 Å². The first-order chi connectivity index (χ1) is 13.8. The molecule has 2 amide bonds. The minimum absolute atomic E-state index is 0.0492. The van der Waals surface area contributed by atoms with Gasteiger partial charge in [-0.2, -0.15) is 8.78 Å². The Balaban J connectivity index is 1.92. The van der Waals surface area contributed by atoms with E-state index in [1.807, 2.05) is 0 Å². The minimum Gasteiger partial charge on any atom is -0.493 e. The van der Waals surface area contributed by atoms with Crippen LogP contribution in [0.4, 0.5) is 14.5 Å². The molecule has 0 spiro atoms. The highest BCUT2D eigenvalue weighted by Crippen LogP contribution is 2.29. The van der Waals surface area contributed by atoms with Gasteiger partial charge in [-0.3, -0.25) is 14.5 Å². The summed E-state index contributed by atoms with van der Waals surface area (Å²) in [5.41, 5.74) is 1.84. The molecule has 0 saturated carbocycles. The average Bonchev–Trinajstić information content (AvgIpc) is 2.68. The number of rotatable bonds is 9.